The standard InChI is InChI=1S/C10H9N3O2S2.C8H10O3/c1-12(16)10-11-9(6-17-10)7-3-2-4-8(5-7)13(14)15;1-10-7-4-3-6(9)5-8(7)11-2/h2-6,16H,1H3;3-5,9H,1-2H3. The van der Waals surface area contributed by atoms with Crippen LogP contribution in [0.25, 0.3) is 11.3 Å². The Kier molecular flexibility index (Phi) is 7.47. The van der Waals surface area contributed by atoms with Crippen molar-refractivity contribution in [2.45, 2.75) is 0 Å². The number of nitro groups is 1. The van der Waals surface area contributed by atoms with Crippen molar-refractivity contribution in [1.29, 1.82) is 0 Å². The Morgan fingerprint density at radius 3 is 2.46 bits per heavy atom. The number of benzene rings is 2. The molecule has 0 aliphatic rings. The first-order valence-corrected chi connectivity index (χ1v) is 9.17. The van der Waals surface area contributed by atoms with Crippen LogP contribution in [0.15, 0.2) is 47.8 Å². The lowest BCUT2D eigenvalue weighted by Gasteiger charge is -2.06. The van der Waals surface area contributed by atoms with E-state index in [9.17, 15) is 10.1 Å². The number of aromatic nitrogens is 1. The largest absolute Gasteiger partial charge is 0.508 e. The third-order valence-electron chi connectivity index (χ3n) is 3.49. The van der Waals surface area contributed by atoms with Gasteiger partial charge in [-0.2, -0.15) is 0 Å². The van der Waals surface area contributed by atoms with Crippen LogP contribution in [0.5, 0.6) is 17.2 Å². The van der Waals surface area contributed by atoms with Crippen molar-refractivity contribution in [2.75, 3.05) is 25.6 Å². The van der Waals surface area contributed by atoms with E-state index in [0.29, 0.717) is 11.5 Å². The summed E-state index contributed by atoms with van der Waals surface area (Å²) in [7, 11) is 4.85. The number of aromatic hydroxyl groups is 1. The van der Waals surface area contributed by atoms with Crippen molar-refractivity contribution in [2.24, 2.45) is 0 Å². The predicted octanol–water partition coefficient (Wildman–Crippen LogP) is 4.41. The number of nitro benzene ring substituents is 1. The zero-order chi connectivity index (χ0) is 20.7. The molecular formula is C18H19N3O5S2. The maximum Gasteiger partial charge on any atom is 0.270 e. The summed E-state index contributed by atoms with van der Waals surface area (Å²) in [5, 5.41) is 22.3. The summed E-state index contributed by atoms with van der Waals surface area (Å²) in [6.45, 7) is 0. The van der Waals surface area contributed by atoms with Gasteiger partial charge in [-0.25, -0.2) is 4.98 Å². The van der Waals surface area contributed by atoms with Crippen molar-refractivity contribution in [3.05, 3.63) is 58.0 Å². The Hall–Kier alpha value is -2.98. The molecule has 0 atom stereocenters. The monoisotopic (exact) mass is 421 g/mol. The van der Waals surface area contributed by atoms with E-state index in [-0.39, 0.29) is 11.4 Å². The number of methoxy groups -OCH3 is 2. The first-order valence-electron chi connectivity index (χ1n) is 7.89. The number of hydrogen-bond acceptors (Lipinski definition) is 9. The summed E-state index contributed by atoms with van der Waals surface area (Å²) in [6, 6.07) is 11.1. The molecule has 2 aromatic carbocycles. The highest BCUT2D eigenvalue weighted by molar-refractivity contribution is 7.82. The van der Waals surface area contributed by atoms with Crippen LogP contribution in [-0.2, 0) is 0 Å². The summed E-state index contributed by atoms with van der Waals surface area (Å²) >= 11 is 5.57. The lowest BCUT2D eigenvalue weighted by Crippen LogP contribution is -1.99. The van der Waals surface area contributed by atoms with E-state index in [0.717, 1.165) is 16.4 Å². The van der Waals surface area contributed by atoms with Gasteiger partial charge in [-0.15, -0.1) is 11.3 Å². The Morgan fingerprint density at radius 2 is 1.89 bits per heavy atom. The number of hydrogen-bond donors (Lipinski definition) is 2. The van der Waals surface area contributed by atoms with E-state index in [1.54, 1.807) is 42.7 Å². The SMILES string of the molecule is CN(S)c1nc(-c2cccc([N+](=O)[O-])c2)cs1.COc1ccc(O)cc1OC. The number of anilines is 1. The molecule has 8 nitrogen and oxygen atoms in total. The first kappa shape index (κ1) is 21.3. The number of rotatable bonds is 5. The molecule has 1 heterocycles. The molecule has 0 saturated heterocycles. The molecule has 0 radical (unpaired) electrons. The minimum absolute atomic E-state index is 0.0660. The molecule has 0 spiro atoms. The summed E-state index contributed by atoms with van der Waals surface area (Å²) in [6.07, 6.45) is 0. The Balaban J connectivity index is 0.000000221. The molecule has 0 fully saturated rings. The second kappa shape index (κ2) is 9.81. The summed E-state index contributed by atoms with van der Waals surface area (Å²) in [5.41, 5.74) is 1.52. The van der Waals surface area contributed by atoms with Gasteiger partial charge in [0.05, 0.1) is 24.8 Å². The van der Waals surface area contributed by atoms with Crippen LogP contribution in [-0.4, -0.2) is 36.3 Å². The van der Waals surface area contributed by atoms with Crippen molar-refractivity contribution >= 4 is 35.0 Å². The molecule has 3 aromatic rings. The number of thiazole rings is 1. The molecule has 10 heteroatoms. The smallest absolute Gasteiger partial charge is 0.270 e. The summed E-state index contributed by atoms with van der Waals surface area (Å²) in [4.78, 5) is 14.6. The van der Waals surface area contributed by atoms with Crippen molar-refractivity contribution in [3.8, 4) is 28.5 Å². The second-order valence-electron chi connectivity index (χ2n) is 5.39. The van der Waals surface area contributed by atoms with E-state index in [4.69, 9.17) is 14.6 Å². The third-order valence-corrected chi connectivity index (χ3v) is 4.73. The maximum atomic E-state index is 10.7. The molecule has 0 saturated carbocycles. The molecule has 0 aliphatic heterocycles. The fraction of sp³-hybridized carbons (Fsp3) is 0.167. The van der Waals surface area contributed by atoms with Crippen molar-refractivity contribution < 1.29 is 19.5 Å². The van der Waals surface area contributed by atoms with Crippen LogP contribution in [0.4, 0.5) is 10.8 Å². The molecule has 28 heavy (non-hydrogen) atoms. The number of phenolic OH excluding ortho intramolecular Hbond substituents is 1. The average molecular weight is 422 g/mol. The van der Waals surface area contributed by atoms with E-state index in [1.807, 2.05) is 5.38 Å². The van der Waals surface area contributed by atoms with E-state index in [1.165, 1.54) is 36.6 Å². The van der Waals surface area contributed by atoms with Gasteiger partial charge in [-0.3, -0.25) is 14.4 Å². The number of ether oxygens (including phenoxy) is 2. The lowest BCUT2D eigenvalue weighted by molar-refractivity contribution is -0.384. The molecule has 148 valence electrons. The normalized spacial score (nSPS) is 9.86. The molecule has 0 unspecified atom stereocenters. The molecule has 0 amide bonds. The van der Waals surface area contributed by atoms with E-state index < -0.39 is 4.92 Å². The Bertz CT molecular complexity index is 946. The minimum atomic E-state index is -0.415. The van der Waals surface area contributed by atoms with Gasteiger partial charge in [0.15, 0.2) is 16.6 Å². The highest BCUT2D eigenvalue weighted by Gasteiger charge is 2.10. The van der Waals surface area contributed by atoms with Gasteiger partial charge < -0.3 is 14.6 Å². The number of phenols is 1. The minimum Gasteiger partial charge on any atom is -0.508 e. The van der Waals surface area contributed by atoms with Crippen LogP contribution in [0.3, 0.4) is 0 Å². The van der Waals surface area contributed by atoms with Gasteiger partial charge in [0.1, 0.15) is 5.75 Å². The zero-order valence-corrected chi connectivity index (χ0v) is 17.1. The van der Waals surface area contributed by atoms with Crippen LogP contribution in [0.1, 0.15) is 0 Å². The van der Waals surface area contributed by atoms with Gasteiger partial charge >= 0.3 is 0 Å². The van der Waals surface area contributed by atoms with Crippen LogP contribution in [0.2, 0.25) is 0 Å². The average Bonchev–Trinajstić information content (AvgIpc) is 3.19. The number of thiol groups is 1. The maximum absolute atomic E-state index is 10.7. The van der Waals surface area contributed by atoms with Crippen LogP contribution in [0, 0.1) is 10.1 Å². The Labute approximate surface area is 171 Å². The van der Waals surface area contributed by atoms with Gasteiger partial charge in [0, 0.05) is 36.2 Å². The first-order chi connectivity index (χ1) is 13.3. The fourth-order valence-corrected chi connectivity index (χ4v) is 3.04. The van der Waals surface area contributed by atoms with Crippen LogP contribution >= 0.6 is 24.2 Å². The molecule has 1 N–H and O–H groups in total. The Morgan fingerprint density at radius 1 is 1.18 bits per heavy atom. The number of non-ortho nitro benzene ring substituents is 1. The topological polar surface area (TPSA) is 98.0 Å². The third kappa shape index (κ3) is 5.51. The molecule has 0 aliphatic carbocycles. The molecular weight excluding hydrogens is 402 g/mol. The van der Waals surface area contributed by atoms with Gasteiger partial charge in [0.25, 0.3) is 5.69 Å². The van der Waals surface area contributed by atoms with E-state index in [2.05, 4.69) is 17.8 Å². The molecule has 3 rings (SSSR count). The molecule has 1 aromatic heterocycles. The number of nitrogens with zero attached hydrogens (tertiary/aromatic N) is 3. The highest BCUT2D eigenvalue weighted by Crippen LogP contribution is 2.30. The second-order valence-corrected chi connectivity index (χ2v) is 6.82. The predicted molar refractivity (Wildman–Crippen MR) is 113 cm³/mol. The van der Waals surface area contributed by atoms with Crippen LogP contribution < -0.4 is 13.8 Å². The fourth-order valence-electron chi connectivity index (χ4n) is 2.15. The van der Waals surface area contributed by atoms with E-state index >= 15 is 0 Å². The zero-order valence-electron chi connectivity index (χ0n) is 15.4. The molecule has 0 bridgehead atoms. The van der Waals surface area contributed by atoms with Gasteiger partial charge in [-0.05, 0) is 12.1 Å². The van der Waals surface area contributed by atoms with Crippen molar-refractivity contribution in [3.63, 3.8) is 0 Å². The lowest BCUT2D eigenvalue weighted by atomic mass is 10.1. The summed E-state index contributed by atoms with van der Waals surface area (Å²) < 4.78 is 11.5. The highest BCUT2D eigenvalue weighted by atomic mass is 32.1. The van der Waals surface area contributed by atoms with Crippen molar-refractivity contribution in [1.82, 2.24) is 4.98 Å². The van der Waals surface area contributed by atoms with Gasteiger partial charge in [-0.1, -0.05) is 24.9 Å². The quantitative estimate of drug-likeness (QED) is 0.358. The van der Waals surface area contributed by atoms with Gasteiger partial charge in [0.2, 0.25) is 0 Å². The summed E-state index contributed by atoms with van der Waals surface area (Å²) in [5.74, 6) is 1.32.